The van der Waals surface area contributed by atoms with Gasteiger partial charge < -0.3 is 15.6 Å². The van der Waals surface area contributed by atoms with Gasteiger partial charge in [-0.15, -0.1) is 5.10 Å². The molecule has 1 aromatic rings. The zero-order chi connectivity index (χ0) is 24.2. The van der Waals surface area contributed by atoms with E-state index in [4.69, 9.17) is 10.5 Å². The molecule has 3 saturated carbocycles. The number of carbonyl (C=O) groups excluding carboxylic acids is 2. The number of hydrogen-bond donors (Lipinski definition) is 3. The van der Waals surface area contributed by atoms with E-state index in [0.717, 1.165) is 25.7 Å². The van der Waals surface area contributed by atoms with E-state index >= 15 is 0 Å². The Kier molecular flexibility index (Phi) is 6.36. The molecule has 0 aliphatic heterocycles. The molecule has 1 aromatic heterocycles. The fourth-order valence-electron chi connectivity index (χ4n) is 7.35. The van der Waals surface area contributed by atoms with Gasteiger partial charge in [0.2, 0.25) is 11.1 Å². The smallest absolute Gasteiger partial charge is 0.316 e. The van der Waals surface area contributed by atoms with Crippen molar-refractivity contribution in [3.8, 4) is 0 Å². The number of rotatable bonds is 5. The molecule has 2 bridgehead atoms. The van der Waals surface area contributed by atoms with Crippen LogP contribution in [0.5, 0.6) is 0 Å². The number of aromatic amines is 1. The van der Waals surface area contributed by atoms with Crippen molar-refractivity contribution in [1.29, 1.82) is 0 Å². The average molecular weight is 479 g/mol. The molecular weight excluding hydrogens is 440 g/mol. The second-order valence-electron chi connectivity index (χ2n) is 11.2. The van der Waals surface area contributed by atoms with Gasteiger partial charge in [0.25, 0.3) is 0 Å². The van der Waals surface area contributed by atoms with E-state index in [1.807, 2.05) is 0 Å². The van der Waals surface area contributed by atoms with Gasteiger partial charge in [0.15, 0.2) is 0 Å². The third-order valence-corrected chi connectivity index (χ3v) is 10.6. The van der Waals surface area contributed by atoms with Crippen molar-refractivity contribution in [2.75, 3.05) is 11.5 Å². The molecule has 1 heterocycles. The maximum atomic E-state index is 13.4. The van der Waals surface area contributed by atoms with E-state index in [1.165, 1.54) is 11.8 Å². The van der Waals surface area contributed by atoms with Gasteiger partial charge >= 0.3 is 5.97 Å². The van der Waals surface area contributed by atoms with Crippen molar-refractivity contribution in [2.45, 2.75) is 90.5 Å². The summed E-state index contributed by atoms with van der Waals surface area (Å²) in [5.74, 6) is 0.239. The summed E-state index contributed by atoms with van der Waals surface area (Å²) in [5.41, 5.74) is 4.47. The van der Waals surface area contributed by atoms with Crippen LogP contribution in [0.2, 0.25) is 0 Å². The van der Waals surface area contributed by atoms with Crippen LogP contribution in [0.25, 0.3) is 0 Å². The summed E-state index contributed by atoms with van der Waals surface area (Å²) in [5, 5.41) is 18.5. The Labute approximate surface area is 200 Å². The van der Waals surface area contributed by atoms with Crippen LogP contribution in [-0.4, -0.2) is 50.0 Å². The number of H-pyrrole nitrogens is 1. The highest BCUT2D eigenvalue weighted by molar-refractivity contribution is 7.99. The molecule has 8 nitrogen and oxygen atoms in total. The highest BCUT2D eigenvalue weighted by Gasteiger charge is 2.68. The number of aliphatic hydroxyl groups is 1. The number of aliphatic hydroxyl groups excluding tert-OH is 1. The molecule has 3 fully saturated rings. The highest BCUT2D eigenvalue weighted by atomic mass is 32.2. The van der Waals surface area contributed by atoms with Gasteiger partial charge in [-0.1, -0.05) is 46.4 Å². The first-order valence-corrected chi connectivity index (χ1v) is 13.2. The number of nitrogens with one attached hydrogen (secondary N) is 1. The van der Waals surface area contributed by atoms with E-state index < -0.39 is 23.0 Å². The van der Waals surface area contributed by atoms with Crippen LogP contribution in [0.3, 0.4) is 0 Å². The predicted octanol–water partition coefficient (Wildman–Crippen LogP) is 3.61. The van der Waals surface area contributed by atoms with E-state index in [1.54, 1.807) is 0 Å². The van der Waals surface area contributed by atoms with Gasteiger partial charge in [-0.05, 0) is 54.8 Å². The van der Waals surface area contributed by atoms with Gasteiger partial charge in [0.1, 0.15) is 11.9 Å². The second-order valence-corrected chi connectivity index (χ2v) is 12.1. The number of nitrogen functional groups attached to an aromatic ring is 1. The molecular formula is C24H38N4O4S. The van der Waals surface area contributed by atoms with E-state index in [0.29, 0.717) is 18.0 Å². The molecule has 0 unspecified atom stereocenters. The molecule has 0 saturated heterocycles. The molecule has 184 valence electrons. The summed E-state index contributed by atoms with van der Waals surface area (Å²) in [4.78, 5) is 30.5. The van der Waals surface area contributed by atoms with Crippen molar-refractivity contribution in [3.05, 3.63) is 0 Å². The number of carbonyl (C=O) groups is 2. The maximum Gasteiger partial charge on any atom is 0.316 e. The van der Waals surface area contributed by atoms with Crippen LogP contribution in [0.1, 0.15) is 73.1 Å². The number of Topliss-reactive ketones (excluding diaryl/α,β-unsaturated/α-hetero) is 1. The lowest BCUT2D eigenvalue weighted by Gasteiger charge is -2.62. The summed E-state index contributed by atoms with van der Waals surface area (Å²) in [7, 11) is 0. The Morgan fingerprint density at radius 2 is 2.06 bits per heavy atom. The van der Waals surface area contributed by atoms with Gasteiger partial charge in [-0.3, -0.25) is 9.59 Å². The lowest BCUT2D eigenvalue weighted by Crippen LogP contribution is -2.63. The number of nitrogens with two attached hydrogens (primary N) is 1. The minimum absolute atomic E-state index is 0.0223. The van der Waals surface area contributed by atoms with Gasteiger partial charge in [0, 0.05) is 17.8 Å². The molecule has 3 aliphatic rings. The van der Waals surface area contributed by atoms with E-state index in [-0.39, 0.29) is 46.6 Å². The number of thioether (sulfide) groups is 1. The molecule has 4 rings (SSSR count). The highest BCUT2D eigenvalue weighted by Crippen LogP contribution is 2.68. The number of esters is 1. The summed E-state index contributed by atoms with van der Waals surface area (Å²) in [6.45, 7) is 10.7. The lowest BCUT2D eigenvalue weighted by molar-refractivity contribution is -0.211. The summed E-state index contributed by atoms with van der Waals surface area (Å²) in [6, 6.07) is 0. The third kappa shape index (κ3) is 3.79. The Hall–Kier alpha value is -1.61. The minimum Gasteiger partial charge on any atom is -0.461 e. The number of ketones is 1. The monoisotopic (exact) mass is 478 g/mol. The summed E-state index contributed by atoms with van der Waals surface area (Å²) < 4.78 is 6.23. The molecule has 0 radical (unpaired) electrons. The second kappa shape index (κ2) is 8.56. The number of hydrogen-bond acceptors (Lipinski definition) is 8. The topological polar surface area (TPSA) is 131 Å². The molecule has 0 amide bonds. The van der Waals surface area contributed by atoms with Crippen molar-refractivity contribution in [1.82, 2.24) is 15.2 Å². The minimum atomic E-state index is -0.555. The normalized spacial score (nSPS) is 43.0. The third-order valence-electron chi connectivity index (χ3n) is 9.78. The fourth-order valence-corrected chi connectivity index (χ4v) is 7.93. The quantitative estimate of drug-likeness (QED) is 0.432. The molecule has 8 atom stereocenters. The van der Waals surface area contributed by atoms with Crippen LogP contribution < -0.4 is 5.73 Å². The van der Waals surface area contributed by atoms with E-state index in [2.05, 4.69) is 49.8 Å². The Balaban J connectivity index is 1.69. The number of nitrogens with zero attached hydrogens (tertiary/aromatic N) is 2. The number of ether oxygens (including phenoxy) is 1. The molecule has 3 aliphatic carbocycles. The molecule has 0 spiro atoms. The van der Waals surface area contributed by atoms with Crippen LogP contribution in [0.15, 0.2) is 5.16 Å². The van der Waals surface area contributed by atoms with Gasteiger partial charge in [0.05, 0.1) is 11.9 Å². The fraction of sp³-hybridized carbons (Fsp3) is 0.833. The van der Waals surface area contributed by atoms with Gasteiger partial charge in [-0.2, -0.15) is 4.98 Å². The van der Waals surface area contributed by atoms with Crippen LogP contribution >= 0.6 is 11.8 Å². The molecule has 4 N–H and O–H groups in total. The standard InChI is InChI=1S/C24H38N4O4S/c1-6-22(4)11-16(32-17(30)12-33-21-26-20(25)27-28-21)23(5)13(2)7-9-24(14(3)19(22)31)10-8-15(29)18(23)24/h13-14,16,18-19,31H,6-12H2,1-5H3,(H3,25,26,27,28)/t13-,14-,16-,18-,19+,22+,23+,24+/m1/s1. The molecule has 9 heteroatoms. The van der Waals surface area contributed by atoms with Crippen molar-refractivity contribution >= 4 is 29.5 Å². The van der Waals surface area contributed by atoms with Crippen molar-refractivity contribution < 1.29 is 19.4 Å². The zero-order valence-corrected chi connectivity index (χ0v) is 21.2. The zero-order valence-electron chi connectivity index (χ0n) is 20.4. The Bertz CT molecular complexity index is 924. The number of anilines is 1. The van der Waals surface area contributed by atoms with Crippen LogP contribution in [0.4, 0.5) is 5.95 Å². The van der Waals surface area contributed by atoms with Crippen molar-refractivity contribution in [2.24, 2.45) is 34.0 Å². The Morgan fingerprint density at radius 3 is 2.70 bits per heavy atom. The SMILES string of the molecule is CC[C@@]1(C)C[C@@H](OC(=O)CSc2n[nH]c(N)n2)[C@]2(C)[C@H](C)CC[C@]3(CCC(=O)[C@@H]32)[C@H](C)[C@@H]1O. The average Bonchev–Trinajstić information content (AvgIpc) is 3.36. The number of aromatic nitrogens is 3. The first-order chi connectivity index (χ1) is 15.5. The van der Waals surface area contributed by atoms with Crippen LogP contribution in [-0.2, 0) is 14.3 Å². The predicted molar refractivity (Wildman–Crippen MR) is 126 cm³/mol. The lowest BCUT2D eigenvalue weighted by atomic mass is 9.43. The van der Waals surface area contributed by atoms with E-state index in [9.17, 15) is 14.7 Å². The van der Waals surface area contributed by atoms with Crippen molar-refractivity contribution in [3.63, 3.8) is 0 Å². The van der Waals surface area contributed by atoms with Gasteiger partial charge in [-0.25, -0.2) is 5.10 Å². The van der Waals surface area contributed by atoms with Crippen LogP contribution in [0, 0.1) is 34.0 Å². The first kappa shape index (κ1) is 24.5. The first-order valence-electron chi connectivity index (χ1n) is 12.2. The largest absolute Gasteiger partial charge is 0.461 e. The maximum absolute atomic E-state index is 13.4. The Morgan fingerprint density at radius 1 is 1.33 bits per heavy atom. The molecule has 0 aromatic carbocycles. The summed E-state index contributed by atoms with van der Waals surface area (Å²) >= 11 is 1.17. The molecule has 33 heavy (non-hydrogen) atoms. The summed E-state index contributed by atoms with van der Waals surface area (Å²) in [6.07, 6.45) is 3.60.